The van der Waals surface area contributed by atoms with Gasteiger partial charge in [-0.25, -0.2) is 0 Å². The van der Waals surface area contributed by atoms with Crippen LogP contribution in [0.15, 0.2) is 22.7 Å². The van der Waals surface area contributed by atoms with Gasteiger partial charge >= 0.3 is 0 Å². The normalized spacial score (nSPS) is 9.50. The van der Waals surface area contributed by atoms with Crippen molar-refractivity contribution in [3.63, 3.8) is 0 Å². The smallest absolute Gasteiger partial charge is 0.0487 e. The number of anilines is 1. The lowest BCUT2D eigenvalue weighted by Crippen LogP contribution is -2.01. The molecule has 0 atom stereocenters. The molecule has 0 bridgehead atoms. The first-order valence-corrected chi connectivity index (χ1v) is 5.47. The van der Waals surface area contributed by atoms with E-state index in [2.05, 4.69) is 46.2 Å². The second kappa shape index (κ2) is 5.72. The zero-order valence-electron chi connectivity index (χ0n) is 8.31. The molecule has 0 aliphatic rings. The van der Waals surface area contributed by atoms with Crippen LogP contribution in [0.4, 0.5) is 5.69 Å². The van der Waals surface area contributed by atoms with Crippen LogP contribution in [0.25, 0.3) is 0 Å². The monoisotopic (exact) mass is 251 g/mol. The second-order valence-electron chi connectivity index (χ2n) is 3.17. The van der Waals surface area contributed by atoms with Gasteiger partial charge in [0.2, 0.25) is 0 Å². The Hall–Kier alpha value is -0.940. The summed E-state index contributed by atoms with van der Waals surface area (Å²) in [4.78, 5) is 0. The predicted octanol–water partition coefficient (Wildman–Crippen LogP) is 3.58. The molecule has 74 valence electrons. The van der Waals surface area contributed by atoms with Crippen LogP contribution in [0.2, 0.25) is 0 Å². The van der Waals surface area contributed by atoms with E-state index in [0.717, 1.165) is 29.5 Å². The fourth-order valence-corrected chi connectivity index (χ4v) is 1.60. The topological polar surface area (TPSA) is 12.0 Å². The number of aryl methyl sites for hydroxylation is 1. The molecule has 1 rings (SSSR count). The van der Waals surface area contributed by atoms with Crippen molar-refractivity contribution >= 4 is 21.6 Å². The molecule has 1 N–H and O–H groups in total. The molecule has 0 spiro atoms. The Morgan fingerprint density at radius 1 is 1.50 bits per heavy atom. The second-order valence-corrected chi connectivity index (χ2v) is 3.96. The van der Waals surface area contributed by atoms with Crippen molar-refractivity contribution in [2.24, 2.45) is 0 Å². The molecule has 1 nitrogen and oxygen atoms in total. The molecule has 0 unspecified atom stereocenters. The summed E-state index contributed by atoms with van der Waals surface area (Å²) in [5.41, 5.74) is 2.38. The Morgan fingerprint density at radius 3 is 3.00 bits per heavy atom. The molecule has 0 fully saturated rings. The zero-order chi connectivity index (χ0) is 10.4. The van der Waals surface area contributed by atoms with E-state index in [0.29, 0.717) is 0 Å². The third-order valence-corrected chi connectivity index (χ3v) is 3.06. The van der Waals surface area contributed by atoms with E-state index >= 15 is 0 Å². The van der Waals surface area contributed by atoms with E-state index in [-0.39, 0.29) is 0 Å². The predicted molar refractivity (Wildman–Crippen MR) is 65.4 cm³/mol. The lowest BCUT2D eigenvalue weighted by molar-refractivity contribution is 0.906. The van der Waals surface area contributed by atoms with Crippen LogP contribution < -0.4 is 5.32 Å². The molecule has 0 saturated heterocycles. The largest absolute Gasteiger partial charge is 0.384 e. The molecule has 0 radical (unpaired) electrons. The van der Waals surface area contributed by atoms with E-state index in [1.54, 1.807) is 0 Å². The van der Waals surface area contributed by atoms with Crippen LogP contribution in [-0.2, 0) is 0 Å². The molecule has 1 aromatic rings. The molecule has 0 aromatic heterocycles. The minimum Gasteiger partial charge on any atom is -0.384 e. The Balaban J connectivity index is 2.51. The fraction of sp³-hybridized carbons (Fsp3) is 0.333. The van der Waals surface area contributed by atoms with E-state index in [4.69, 9.17) is 6.42 Å². The van der Waals surface area contributed by atoms with E-state index in [1.807, 2.05) is 6.07 Å². The summed E-state index contributed by atoms with van der Waals surface area (Å²) in [7, 11) is 0. The highest BCUT2D eigenvalue weighted by molar-refractivity contribution is 9.10. The number of nitrogens with one attached hydrogen (secondary N) is 1. The summed E-state index contributed by atoms with van der Waals surface area (Å²) in [6.07, 6.45) is 7.02. The highest BCUT2D eigenvalue weighted by Crippen LogP contribution is 2.25. The van der Waals surface area contributed by atoms with Crippen molar-refractivity contribution in [1.29, 1.82) is 0 Å². The van der Waals surface area contributed by atoms with E-state index < -0.39 is 0 Å². The van der Waals surface area contributed by atoms with Crippen LogP contribution in [0, 0.1) is 19.3 Å². The van der Waals surface area contributed by atoms with E-state index in [9.17, 15) is 0 Å². The molecular weight excluding hydrogens is 238 g/mol. The maximum Gasteiger partial charge on any atom is 0.0487 e. The van der Waals surface area contributed by atoms with Crippen molar-refractivity contribution in [3.8, 4) is 12.3 Å². The summed E-state index contributed by atoms with van der Waals surface area (Å²) in [5.74, 6) is 2.63. The number of halogens is 1. The van der Waals surface area contributed by atoms with E-state index in [1.165, 1.54) is 5.56 Å². The average Bonchev–Trinajstić information content (AvgIpc) is 2.19. The lowest BCUT2D eigenvalue weighted by Gasteiger charge is -2.09. The fourth-order valence-electron chi connectivity index (χ4n) is 1.20. The first-order valence-electron chi connectivity index (χ1n) is 4.68. The minimum absolute atomic E-state index is 0.830. The lowest BCUT2D eigenvalue weighted by atomic mass is 10.2. The molecule has 0 aliphatic heterocycles. The van der Waals surface area contributed by atoms with Gasteiger partial charge in [-0.3, -0.25) is 0 Å². The van der Waals surface area contributed by atoms with Crippen LogP contribution in [0.5, 0.6) is 0 Å². The zero-order valence-corrected chi connectivity index (χ0v) is 9.89. The molecule has 0 heterocycles. The molecule has 0 aliphatic carbocycles. The maximum atomic E-state index is 5.17. The number of unbranched alkanes of at least 4 members (excludes halogenated alkanes) is 1. The van der Waals surface area contributed by atoms with Crippen LogP contribution in [-0.4, -0.2) is 6.54 Å². The summed E-state index contributed by atoms with van der Waals surface area (Å²) in [5, 5.41) is 3.35. The Labute approximate surface area is 94.0 Å². The molecule has 2 heteroatoms. The SMILES string of the molecule is C#CCCCNc1cccc(C)c1Br. The molecular formula is C12H14BrN. The van der Waals surface area contributed by atoms with Gasteiger partial charge < -0.3 is 5.32 Å². The van der Waals surface area contributed by atoms with Crippen molar-refractivity contribution in [1.82, 2.24) is 0 Å². The number of benzene rings is 1. The number of hydrogen-bond acceptors (Lipinski definition) is 1. The van der Waals surface area contributed by atoms with Crippen molar-refractivity contribution in [2.45, 2.75) is 19.8 Å². The van der Waals surface area contributed by atoms with Gasteiger partial charge in [-0.15, -0.1) is 12.3 Å². The Kier molecular flexibility index (Phi) is 4.55. The first-order chi connectivity index (χ1) is 6.75. The van der Waals surface area contributed by atoms with Gasteiger partial charge in [0, 0.05) is 23.1 Å². The average molecular weight is 252 g/mol. The van der Waals surface area contributed by atoms with Crippen molar-refractivity contribution in [3.05, 3.63) is 28.2 Å². The third-order valence-electron chi connectivity index (χ3n) is 2.01. The highest BCUT2D eigenvalue weighted by Gasteiger charge is 2.00. The third kappa shape index (κ3) is 3.08. The van der Waals surface area contributed by atoms with Gasteiger partial charge in [0.25, 0.3) is 0 Å². The van der Waals surface area contributed by atoms with Crippen LogP contribution in [0.1, 0.15) is 18.4 Å². The Bertz CT molecular complexity index is 339. The van der Waals surface area contributed by atoms with Gasteiger partial charge in [-0.05, 0) is 40.9 Å². The summed E-state index contributed by atoms with van der Waals surface area (Å²) in [6, 6.07) is 6.19. The van der Waals surface area contributed by atoms with Gasteiger partial charge in [0.1, 0.15) is 0 Å². The number of rotatable bonds is 4. The molecule has 1 aromatic carbocycles. The highest BCUT2D eigenvalue weighted by atomic mass is 79.9. The van der Waals surface area contributed by atoms with Crippen LogP contribution >= 0.6 is 15.9 Å². The van der Waals surface area contributed by atoms with Crippen molar-refractivity contribution in [2.75, 3.05) is 11.9 Å². The number of terminal acetylenes is 1. The number of hydrogen-bond donors (Lipinski definition) is 1. The quantitative estimate of drug-likeness (QED) is 0.638. The summed E-state index contributed by atoms with van der Waals surface area (Å²) < 4.78 is 1.14. The maximum absolute atomic E-state index is 5.17. The van der Waals surface area contributed by atoms with Crippen molar-refractivity contribution < 1.29 is 0 Å². The first kappa shape index (κ1) is 11.1. The Morgan fingerprint density at radius 2 is 2.29 bits per heavy atom. The van der Waals surface area contributed by atoms with Gasteiger partial charge in [-0.2, -0.15) is 0 Å². The molecule has 0 amide bonds. The minimum atomic E-state index is 0.830. The van der Waals surface area contributed by atoms with Gasteiger partial charge in [0.15, 0.2) is 0 Å². The van der Waals surface area contributed by atoms with Crippen LogP contribution in [0.3, 0.4) is 0 Å². The van der Waals surface area contributed by atoms with Gasteiger partial charge in [-0.1, -0.05) is 12.1 Å². The summed E-state index contributed by atoms with van der Waals surface area (Å²) in [6.45, 7) is 3.00. The summed E-state index contributed by atoms with van der Waals surface area (Å²) >= 11 is 3.55. The molecule has 0 saturated carbocycles. The standard InChI is InChI=1S/C12H14BrN/c1-3-4-5-9-14-11-8-6-7-10(2)12(11)13/h1,6-8,14H,4-5,9H2,2H3. The molecule has 14 heavy (non-hydrogen) atoms. The van der Waals surface area contributed by atoms with Gasteiger partial charge in [0.05, 0.1) is 0 Å².